The standard InChI is InChI=1S/C9H10ClNO3/c1-11(2)9(13)14-8-5-6(10)3-4-7(8)12/h3-5,12H,1-2H3. The number of amides is 1. The van der Waals surface area contributed by atoms with Crippen molar-refractivity contribution in [3.05, 3.63) is 23.2 Å². The fourth-order valence-electron chi connectivity index (χ4n) is 0.755. The molecule has 0 unspecified atom stereocenters. The second-order valence-electron chi connectivity index (χ2n) is 2.87. The molecule has 1 N–H and O–H groups in total. The average Bonchev–Trinajstić information content (AvgIpc) is 2.11. The second-order valence-corrected chi connectivity index (χ2v) is 3.31. The minimum Gasteiger partial charge on any atom is -0.504 e. The van der Waals surface area contributed by atoms with Crippen LogP contribution in [0.15, 0.2) is 18.2 Å². The van der Waals surface area contributed by atoms with Crippen LogP contribution in [0.1, 0.15) is 0 Å². The molecule has 0 aliphatic carbocycles. The highest BCUT2D eigenvalue weighted by Crippen LogP contribution is 2.29. The maximum absolute atomic E-state index is 11.1. The normalized spacial score (nSPS) is 9.64. The number of ether oxygens (including phenoxy) is 1. The van der Waals surface area contributed by atoms with Gasteiger partial charge in [-0.1, -0.05) is 11.6 Å². The summed E-state index contributed by atoms with van der Waals surface area (Å²) in [6.07, 6.45) is -0.567. The van der Waals surface area contributed by atoms with Crippen LogP contribution in [-0.2, 0) is 0 Å². The highest BCUT2D eigenvalue weighted by atomic mass is 35.5. The van der Waals surface area contributed by atoms with Crippen molar-refractivity contribution < 1.29 is 14.6 Å². The van der Waals surface area contributed by atoms with Gasteiger partial charge in [0.15, 0.2) is 11.5 Å². The van der Waals surface area contributed by atoms with Crippen LogP contribution in [0.2, 0.25) is 5.02 Å². The number of benzene rings is 1. The van der Waals surface area contributed by atoms with Crippen LogP contribution in [0.5, 0.6) is 11.5 Å². The van der Waals surface area contributed by atoms with Gasteiger partial charge in [0, 0.05) is 25.2 Å². The topological polar surface area (TPSA) is 49.8 Å². The average molecular weight is 216 g/mol. The van der Waals surface area contributed by atoms with Gasteiger partial charge in [0.05, 0.1) is 0 Å². The Hall–Kier alpha value is -1.42. The fourth-order valence-corrected chi connectivity index (χ4v) is 0.917. The molecule has 14 heavy (non-hydrogen) atoms. The van der Waals surface area contributed by atoms with Crippen molar-refractivity contribution in [2.24, 2.45) is 0 Å². The van der Waals surface area contributed by atoms with Crippen LogP contribution >= 0.6 is 11.6 Å². The highest BCUT2D eigenvalue weighted by Gasteiger charge is 2.10. The van der Waals surface area contributed by atoms with Gasteiger partial charge in [0.2, 0.25) is 0 Å². The van der Waals surface area contributed by atoms with Crippen LogP contribution in [0.4, 0.5) is 4.79 Å². The molecule has 4 nitrogen and oxygen atoms in total. The van der Waals surface area contributed by atoms with Gasteiger partial charge in [-0.3, -0.25) is 0 Å². The Morgan fingerprint density at radius 1 is 1.50 bits per heavy atom. The molecule has 0 aromatic heterocycles. The van der Waals surface area contributed by atoms with Crippen LogP contribution in [0.25, 0.3) is 0 Å². The first-order valence-corrected chi connectivity index (χ1v) is 4.26. The molecular weight excluding hydrogens is 206 g/mol. The monoisotopic (exact) mass is 215 g/mol. The van der Waals surface area contributed by atoms with Gasteiger partial charge < -0.3 is 14.7 Å². The van der Waals surface area contributed by atoms with E-state index in [-0.39, 0.29) is 11.5 Å². The third-order valence-electron chi connectivity index (χ3n) is 1.48. The van der Waals surface area contributed by atoms with E-state index in [2.05, 4.69) is 0 Å². The van der Waals surface area contributed by atoms with Gasteiger partial charge in [0.25, 0.3) is 0 Å². The zero-order chi connectivity index (χ0) is 10.7. The lowest BCUT2D eigenvalue weighted by molar-refractivity contribution is 0.170. The van der Waals surface area contributed by atoms with E-state index in [1.54, 1.807) is 14.1 Å². The Labute approximate surface area is 86.7 Å². The molecule has 0 aliphatic heterocycles. The van der Waals surface area contributed by atoms with Crippen molar-refractivity contribution in [3.8, 4) is 11.5 Å². The van der Waals surface area contributed by atoms with Gasteiger partial charge in [-0.2, -0.15) is 0 Å². The van der Waals surface area contributed by atoms with E-state index in [1.807, 2.05) is 0 Å². The lowest BCUT2D eigenvalue weighted by Gasteiger charge is -2.11. The third-order valence-corrected chi connectivity index (χ3v) is 1.72. The largest absolute Gasteiger partial charge is 0.504 e. The Balaban J connectivity index is 2.86. The molecule has 0 atom stereocenters. The van der Waals surface area contributed by atoms with Crippen molar-refractivity contribution in [3.63, 3.8) is 0 Å². The molecule has 1 aromatic carbocycles. The number of aromatic hydroxyl groups is 1. The number of rotatable bonds is 1. The number of carbonyl (C=O) groups is 1. The Bertz CT molecular complexity index is 352. The molecule has 0 radical (unpaired) electrons. The van der Waals surface area contributed by atoms with Crippen LogP contribution in [-0.4, -0.2) is 30.2 Å². The molecule has 1 amide bonds. The number of hydrogen-bond donors (Lipinski definition) is 1. The number of hydrogen-bond acceptors (Lipinski definition) is 3. The predicted molar refractivity (Wildman–Crippen MR) is 52.8 cm³/mol. The molecule has 76 valence electrons. The van der Waals surface area contributed by atoms with Gasteiger partial charge in [-0.05, 0) is 12.1 Å². The zero-order valence-electron chi connectivity index (χ0n) is 7.82. The minimum absolute atomic E-state index is 0.0520. The summed E-state index contributed by atoms with van der Waals surface area (Å²) in [5, 5.41) is 9.70. The van der Waals surface area contributed by atoms with Crippen LogP contribution in [0, 0.1) is 0 Å². The van der Waals surface area contributed by atoms with Crippen molar-refractivity contribution in [2.45, 2.75) is 0 Å². The van der Waals surface area contributed by atoms with E-state index in [9.17, 15) is 9.90 Å². The number of phenolic OH excluding ortho intramolecular Hbond substituents is 1. The second kappa shape index (κ2) is 4.19. The van der Waals surface area contributed by atoms with Crippen molar-refractivity contribution in [1.82, 2.24) is 4.90 Å². The van der Waals surface area contributed by atoms with Gasteiger partial charge >= 0.3 is 6.09 Å². The Kier molecular flexibility index (Phi) is 3.19. The molecule has 0 spiro atoms. The number of nitrogens with zero attached hydrogens (tertiary/aromatic N) is 1. The van der Waals surface area contributed by atoms with Gasteiger partial charge in [-0.25, -0.2) is 4.79 Å². The number of halogens is 1. The molecule has 0 bridgehead atoms. The SMILES string of the molecule is CN(C)C(=O)Oc1cc(Cl)ccc1O. The highest BCUT2D eigenvalue weighted by molar-refractivity contribution is 6.30. The molecular formula is C9H10ClNO3. The number of phenols is 1. The zero-order valence-corrected chi connectivity index (χ0v) is 8.58. The maximum Gasteiger partial charge on any atom is 0.414 e. The Morgan fingerprint density at radius 3 is 2.71 bits per heavy atom. The molecule has 1 aromatic rings. The van der Waals surface area contributed by atoms with E-state index in [0.29, 0.717) is 5.02 Å². The lowest BCUT2D eigenvalue weighted by Crippen LogP contribution is -2.25. The first-order chi connectivity index (χ1) is 6.50. The predicted octanol–water partition coefficient (Wildman–Crippen LogP) is 2.11. The first kappa shape index (κ1) is 10.7. The summed E-state index contributed by atoms with van der Waals surface area (Å²) in [6.45, 7) is 0. The maximum atomic E-state index is 11.1. The molecule has 5 heteroatoms. The van der Waals surface area contributed by atoms with Crippen molar-refractivity contribution in [1.29, 1.82) is 0 Å². The third kappa shape index (κ3) is 2.53. The van der Waals surface area contributed by atoms with E-state index in [4.69, 9.17) is 16.3 Å². The van der Waals surface area contributed by atoms with Crippen LogP contribution in [0.3, 0.4) is 0 Å². The quantitative estimate of drug-likeness (QED) is 0.781. The number of carbonyl (C=O) groups excluding carboxylic acids is 1. The van der Waals surface area contributed by atoms with Gasteiger partial charge in [-0.15, -0.1) is 0 Å². The molecule has 0 fully saturated rings. The minimum atomic E-state index is -0.567. The summed E-state index contributed by atoms with van der Waals surface area (Å²) >= 11 is 5.66. The molecule has 0 heterocycles. The lowest BCUT2D eigenvalue weighted by atomic mass is 10.3. The summed E-state index contributed by atoms with van der Waals surface area (Å²) in [5.74, 6) is -0.0687. The molecule has 0 saturated carbocycles. The summed E-state index contributed by atoms with van der Waals surface area (Å²) < 4.78 is 4.84. The summed E-state index contributed by atoms with van der Waals surface area (Å²) in [5.41, 5.74) is 0. The van der Waals surface area contributed by atoms with E-state index >= 15 is 0 Å². The first-order valence-electron chi connectivity index (χ1n) is 3.88. The van der Waals surface area contributed by atoms with Crippen molar-refractivity contribution >= 4 is 17.7 Å². The molecule has 0 saturated heterocycles. The molecule has 0 aliphatic rings. The summed E-state index contributed by atoms with van der Waals surface area (Å²) in [6, 6.07) is 4.24. The van der Waals surface area contributed by atoms with Crippen molar-refractivity contribution in [2.75, 3.05) is 14.1 Å². The van der Waals surface area contributed by atoms with E-state index in [1.165, 1.54) is 23.1 Å². The Morgan fingerprint density at radius 2 is 2.14 bits per heavy atom. The summed E-state index contributed by atoms with van der Waals surface area (Å²) in [4.78, 5) is 12.4. The molecule has 1 rings (SSSR count). The smallest absolute Gasteiger partial charge is 0.414 e. The fraction of sp³-hybridized carbons (Fsp3) is 0.222. The van der Waals surface area contributed by atoms with Gasteiger partial charge in [0.1, 0.15) is 0 Å². The van der Waals surface area contributed by atoms with Crippen LogP contribution < -0.4 is 4.74 Å². The summed E-state index contributed by atoms with van der Waals surface area (Å²) in [7, 11) is 3.09. The van der Waals surface area contributed by atoms with E-state index < -0.39 is 6.09 Å². The van der Waals surface area contributed by atoms with E-state index in [0.717, 1.165) is 0 Å².